The SMILES string of the molecule is CC(C(=O)O)c1ncc2c(n1)COCC2. The lowest BCUT2D eigenvalue weighted by Gasteiger charge is -2.16. The van der Waals surface area contributed by atoms with Gasteiger partial charge >= 0.3 is 5.97 Å². The molecule has 1 N–H and O–H groups in total. The molecule has 0 spiro atoms. The first-order valence-corrected chi connectivity index (χ1v) is 4.83. The molecule has 0 saturated carbocycles. The first-order chi connectivity index (χ1) is 7.18. The third-order valence-corrected chi connectivity index (χ3v) is 2.49. The summed E-state index contributed by atoms with van der Waals surface area (Å²) in [6.45, 7) is 2.72. The van der Waals surface area contributed by atoms with Gasteiger partial charge < -0.3 is 9.84 Å². The van der Waals surface area contributed by atoms with Crippen molar-refractivity contribution in [1.82, 2.24) is 9.97 Å². The van der Waals surface area contributed by atoms with Crippen LogP contribution in [0.1, 0.15) is 29.9 Å². The van der Waals surface area contributed by atoms with Crippen molar-refractivity contribution in [3.8, 4) is 0 Å². The first kappa shape index (κ1) is 10.0. The summed E-state index contributed by atoms with van der Waals surface area (Å²) in [4.78, 5) is 19.0. The molecule has 15 heavy (non-hydrogen) atoms. The number of ether oxygens (including phenoxy) is 1. The van der Waals surface area contributed by atoms with E-state index in [1.807, 2.05) is 0 Å². The lowest BCUT2D eigenvalue weighted by molar-refractivity contribution is -0.138. The first-order valence-electron chi connectivity index (χ1n) is 4.83. The number of rotatable bonds is 2. The molecule has 1 aromatic rings. The highest BCUT2D eigenvalue weighted by Crippen LogP contribution is 2.17. The summed E-state index contributed by atoms with van der Waals surface area (Å²) >= 11 is 0. The predicted molar refractivity (Wildman–Crippen MR) is 51.4 cm³/mol. The third kappa shape index (κ3) is 1.97. The van der Waals surface area contributed by atoms with Gasteiger partial charge in [0.05, 0.1) is 18.9 Å². The fraction of sp³-hybridized carbons (Fsp3) is 0.500. The van der Waals surface area contributed by atoms with E-state index in [-0.39, 0.29) is 0 Å². The van der Waals surface area contributed by atoms with Crippen LogP contribution in [-0.4, -0.2) is 27.7 Å². The molecule has 0 radical (unpaired) electrons. The largest absolute Gasteiger partial charge is 0.481 e. The molecule has 0 bridgehead atoms. The molecule has 5 heteroatoms. The van der Waals surface area contributed by atoms with Gasteiger partial charge in [0.2, 0.25) is 0 Å². The highest BCUT2D eigenvalue weighted by atomic mass is 16.5. The molecular formula is C10H12N2O3. The third-order valence-electron chi connectivity index (χ3n) is 2.49. The molecular weight excluding hydrogens is 196 g/mol. The molecule has 1 aliphatic heterocycles. The van der Waals surface area contributed by atoms with Crippen LogP contribution in [0.15, 0.2) is 6.20 Å². The number of carbonyl (C=O) groups is 1. The second kappa shape index (κ2) is 3.94. The maximum absolute atomic E-state index is 10.8. The molecule has 2 heterocycles. The minimum atomic E-state index is -0.910. The van der Waals surface area contributed by atoms with Gasteiger partial charge in [0.1, 0.15) is 11.7 Å². The average Bonchev–Trinajstić information content (AvgIpc) is 2.27. The van der Waals surface area contributed by atoms with Crippen LogP contribution in [0.5, 0.6) is 0 Å². The van der Waals surface area contributed by atoms with E-state index in [2.05, 4.69) is 9.97 Å². The molecule has 5 nitrogen and oxygen atoms in total. The Labute approximate surface area is 87.1 Å². The minimum Gasteiger partial charge on any atom is -0.481 e. The highest BCUT2D eigenvalue weighted by molar-refractivity contribution is 5.74. The van der Waals surface area contributed by atoms with Crippen molar-refractivity contribution in [2.45, 2.75) is 25.9 Å². The van der Waals surface area contributed by atoms with Crippen molar-refractivity contribution in [3.63, 3.8) is 0 Å². The normalized spacial score (nSPS) is 16.9. The number of aliphatic carboxylic acids is 1. The van der Waals surface area contributed by atoms with E-state index < -0.39 is 11.9 Å². The number of hydrogen-bond donors (Lipinski definition) is 1. The molecule has 2 rings (SSSR count). The van der Waals surface area contributed by atoms with Gasteiger partial charge in [-0.25, -0.2) is 9.97 Å². The van der Waals surface area contributed by atoms with Crippen LogP contribution in [0.25, 0.3) is 0 Å². The molecule has 1 unspecified atom stereocenters. The monoisotopic (exact) mass is 208 g/mol. The Morgan fingerprint density at radius 3 is 3.20 bits per heavy atom. The summed E-state index contributed by atoms with van der Waals surface area (Å²) < 4.78 is 5.25. The second-order valence-corrected chi connectivity index (χ2v) is 3.56. The zero-order valence-corrected chi connectivity index (χ0v) is 8.43. The van der Waals surface area contributed by atoms with Gasteiger partial charge in [0.25, 0.3) is 0 Å². The Kier molecular flexibility index (Phi) is 2.64. The zero-order chi connectivity index (χ0) is 10.8. The Balaban J connectivity index is 2.31. The number of hydrogen-bond acceptors (Lipinski definition) is 4. The van der Waals surface area contributed by atoms with Crippen molar-refractivity contribution >= 4 is 5.97 Å². The van der Waals surface area contributed by atoms with Crippen molar-refractivity contribution in [3.05, 3.63) is 23.3 Å². The second-order valence-electron chi connectivity index (χ2n) is 3.56. The molecule has 0 aromatic carbocycles. The number of aromatic nitrogens is 2. The van der Waals surface area contributed by atoms with Gasteiger partial charge in [-0.2, -0.15) is 0 Å². The Morgan fingerprint density at radius 1 is 1.67 bits per heavy atom. The lowest BCUT2D eigenvalue weighted by Crippen LogP contribution is -2.17. The quantitative estimate of drug-likeness (QED) is 0.775. The van der Waals surface area contributed by atoms with Crippen LogP contribution in [0, 0.1) is 0 Å². The van der Waals surface area contributed by atoms with Crippen molar-refractivity contribution in [2.24, 2.45) is 0 Å². The van der Waals surface area contributed by atoms with E-state index >= 15 is 0 Å². The van der Waals surface area contributed by atoms with Crippen molar-refractivity contribution < 1.29 is 14.6 Å². The molecule has 0 saturated heterocycles. The maximum Gasteiger partial charge on any atom is 0.313 e. The summed E-state index contributed by atoms with van der Waals surface area (Å²) in [7, 11) is 0. The summed E-state index contributed by atoms with van der Waals surface area (Å²) in [5.41, 5.74) is 1.88. The maximum atomic E-state index is 10.8. The highest BCUT2D eigenvalue weighted by Gasteiger charge is 2.19. The average molecular weight is 208 g/mol. The van der Waals surface area contributed by atoms with Crippen LogP contribution in [0.3, 0.4) is 0 Å². The molecule has 80 valence electrons. The fourth-order valence-electron chi connectivity index (χ4n) is 1.46. The molecule has 1 atom stereocenters. The molecule has 1 aromatic heterocycles. The zero-order valence-electron chi connectivity index (χ0n) is 8.43. The van der Waals surface area contributed by atoms with E-state index in [1.54, 1.807) is 13.1 Å². The predicted octanol–water partition coefficient (Wildman–Crippen LogP) is 0.737. The van der Waals surface area contributed by atoms with Gasteiger partial charge in [-0.1, -0.05) is 0 Å². The van der Waals surface area contributed by atoms with E-state index in [0.29, 0.717) is 19.0 Å². The van der Waals surface area contributed by atoms with E-state index in [9.17, 15) is 4.79 Å². The van der Waals surface area contributed by atoms with Gasteiger partial charge in [-0.15, -0.1) is 0 Å². The summed E-state index contributed by atoms with van der Waals surface area (Å²) in [5, 5.41) is 8.83. The molecule has 1 aliphatic rings. The Hall–Kier alpha value is -1.49. The van der Waals surface area contributed by atoms with Crippen LogP contribution in [0.2, 0.25) is 0 Å². The number of fused-ring (bicyclic) bond motifs is 1. The van der Waals surface area contributed by atoms with Gasteiger partial charge in [0, 0.05) is 6.20 Å². The summed E-state index contributed by atoms with van der Waals surface area (Å²) in [6, 6.07) is 0. The van der Waals surface area contributed by atoms with Gasteiger partial charge in [-0.3, -0.25) is 4.79 Å². The number of nitrogens with zero attached hydrogens (tertiary/aromatic N) is 2. The topological polar surface area (TPSA) is 72.3 Å². The minimum absolute atomic E-state index is 0.353. The van der Waals surface area contributed by atoms with E-state index in [1.165, 1.54) is 0 Å². The number of carboxylic acids is 1. The lowest BCUT2D eigenvalue weighted by atomic mass is 10.1. The van der Waals surface area contributed by atoms with Crippen molar-refractivity contribution in [1.29, 1.82) is 0 Å². The summed E-state index contributed by atoms with van der Waals surface area (Å²) in [6.07, 6.45) is 2.51. The standard InChI is InChI=1S/C10H12N2O3/c1-6(10(13)14)9-11-4-7-2-3-15-5-8(7)12-9/h4,6H,2-3,5H2,1H3,(H,13,14). The van der Waals surface area contributed by atoms with Crippen molar-refractivity contribution in [2.75, 3.05) is 6.61 Å². The van der Waals surface area contributed by atoms with Crippen LogP contribution < -0.4 is 0 Å². The van der Waals surface area contributed by atoms with Crippen LogP contribution in [0.4, 0.5) is 0 Å². The van der Waals surface area contributed by atoms with Gasteiger partial charge in [0.15, 0.2) is 0 Å². The molecule has 0 amide bonds. The fourth-order valence-corrected chi connectivity index (χ4v) is 1.46. The molecule has 0 fully saturated rings. The molecule has 0 aliphatic carbocycles. The van der Waals surface area contributed by atoms with Crippen LogP contribution >= 0.6 is 0 Å². The smallest absolute Gasteiger partial charge is 0.313 e. The van der Waals surface area contributed by atoms with E-state index in [0.717, 1.165) is 17.7 Å². The summed E-state index contributed by atoms with van der Waals surface area (Å²) in [5.74, 6) is -1.23. The Bertz CT molecular complexity index is 392. The number of carboxylic acid groups (broad SMARTS) is 1. The van der Waals surface area contributed by atoms with Gasteiger partial charge in [-0.05, 0) is 18.9 Å². The van der Waals surface area contributed by atoms with E-state index in [4.69, 9.17) is 9.84 Å². The van der Waals surface area contributed by atoms with Crippen LogP contribution in [-0.2, 0) is 22.6 Å². The Morgan fingerprint density at radius 2 is 2.47 bits per heavy atom.